The predicted octanol–water partition coefficient (Wildman–Crippen LogP) is 3.02. The van der Waals surface area contributed by atoms with Crippen molar-refractivity contribution in [2.24, 2.45) is 17.6 Å². The first-order chi connectivity index (χ1) is 55.3. The number of aliphatic hydroxyl groups excluding tert-OH is 4. The molecule has 1 aliphatic carbocycles. The van der Waals surface area contributed by atoms with Crippen molar-refractivity contribution in [3.05, 3.63) is 181 Å². The van der Waals surface area contributed by atoms with Crippen molar-refractivity contribution in [1.82, 2.24) is 46.6 Å². The van der Waals surface area contributed by atoms with Gasteiger partial charge in [-0.3, -0.25) is 57.5 Å². The first-order valence-corrected chi connectivity index (χ1v) is 41.6. The van der Waals surface area contributed by atoms with Crippen LogP contribution in [0.4, 0.5) is 0 Å². The average molecular weight is 1720 g/mol. The lowest BCUT2D eigenvalue weighted by molar-refractivity contribution is -0.150. The molecule has 2 aliphatic heterocycles. The van der Waals surface area contributed by atoms with E-state index in [1.807, 2.05) is 12.1 Å². The number of likely N-dealkylation sites (N-methyl/N-ethyl adjacent to an activating group) is 2. The molecular weight excluding hydrogens is 1620 g/mol. The van der Waals surface area contributed by atoms with Crippen LogP contribution in [0.2, 0.25) is 20.1 Å². The number of carboxylic acid groups (broad SMARTS) is 1. The highest BCUT2D eigenvalue weighted by Gasteiger charge is 2.47. The van der Waals surface area contributed by atoms with Crippen LogP contribution in [0.5, 0.6) is 0 Å². The number of nitrogens with two attached hydrogens (primary N) is 1. The second-order valence-corrected chi connectivity index (χ2v) is 34.1. The minimum absolute atomic E-state index is 0.00184. The molecule has 0 radical (unpaired) electrons. The highest BCUT2D eigenvalue weighted by Crippen LogP contribution is 2.33. The molecule has 0 aromatic heterocycles. The Bertz CT molecular complexity index is 4670. The molecule has 14 atom stereocenters. The van der Waals surface area contributed by atoms with E-state index >= 15 is 33.6 Å². The van der Waals surface area contributed by atoms with Crippen molar-refractivity contribution >= 4 is 138 Å². The number of hydrogen-bond donors (Lipinski definition) is 12. The lowest BCUT2D eigenvalue weighted by atomic mass is 9.76. The molecule has 0 unspecified atom stereocenters. The van der Waals surface area contributed by atoms with Crippen LogP contribution in [0.15, 0.2) is 127 Å². The second kappa shape index (κ2) is 42.2. The first kappa shape index (κ1) is 93.0. The van der Waals surface area contributed by atoms with E-state index in [2.05, 4.69) is 31.9 Å². The number of carbonyl (C=O) groups is 13. The van der Waals surface area contributed by atoms with E-state index in [1.165, 1.54) is 55.6 Å². The lowest BCUT2D eigenvalue weighted by Gasteiger charge is -2.36. The highest BCUT2D eigenvalue weighted by molar-refractivity contribution is 7.90. The van der Waals surface area contributed by atoms with Gasteiger partial charge in [-0.25, -0.2) is 13.2 Å². The number of carboxylic acids is 1. The molecule has 5 aromatic carbocycles. The number of benzene rings is 5. The number of likely N-dealkylation sites (tertiary alicyclic amines) is 1. The van der Waals surface area contributed by atoms with Crippen LogP contribution in [-0.2, 0) is 104 Å². The number of hydrogen-bond acceptors (Lipinski definition) is 20. The molecule has 3 aliphatic rings. The number of ketones is 3. The monoisotopic (exact) mass is 1710 g/mol. The van der Waals surface area contributed by atoms with Gasteiger partial charge >= 0.3 is 5.97 Å². The number of nitrogens with one attached hydrogen (secondary N) is 6. The number of allylic oxidation sites excluding steroid dienone is 1. The fourth-order valence-corrected chi connectivity index (χ4v) is 16.0. The van der Waals surface area contributed by atoms with Gasteiger partial charge in [0.2, 0.25) is 53.2 Å². The number of aliphatic carboxylic acids is 1. The molecule has 2 saturated heterocycles. The third-order valence-electron chi connectivity index (χ3n) is 21.3. The zero-order chi connectivity index (χ0) is 85.9. The molecule has 2 heterocycles. The van der Waals surface area contributed by atoms with E-state index in [1.54, 1.807) is 66.7 Å². The first-order valence-electron chi connectivity index (χ1n) is 38.0. The van der Waals surface area contributed by atoms with Gasteiger partial charge in [0.25, 0.3) is 0 Å². The third-order valence-corrected chi connectivity index (χ3v) is 23.3. The van der Waals surface area contributed by atoms with Gasteiger partial charge in [-0.05, 0) is 146 Å². The largest absolute Gasteiger partial charge is 0.480 e. The second-order valence-electron chi connectivity index (χ2n) is 30.1. The molecular formula is C82H98Cl4N10O20S. The molecule has 5 aromatic rings. The maximum Gasteiger partial charge on any atom is 0.326 e. The van der Waals surface area contributed by atoms with Crippen molar-refractivity contribution in [3.8, 4) is 0 Å². The molecule has 630 valence electrons. The van der Waals surface area contributed by atoms with Crippen molar-refractivity contribution in [2.75, 3.05) is 45.9 Å². The number of Topliss-reactive ketones (excluding diaryl/α,β-unsaturated/α-hetero) is 3. The third kappa shape index (κ3) is 25.7. The molecule has 9 amide bonds. The highest BCUT2D eigenvalue weighted by atomic mass is 35.5. The summed E-state index contributed by atoms with van der Waals surface area (Å²) in [4.78, 5) is 196. The number of sulfone groups is 1. The number of amides is 9. The van der Waals surface area contributed by atoms with E-state index in [-0.39, 0.29) is 65.7 Å². The maximum absolute atomic E-state index is 15.8. The van der Waals surface area contributed by atoms with Crippen LogP contribution in [0.1, 0.15) is 105 Å². The van der Waals surface area contributed by atoms with Gasteiger partial charge in [-0.15, -0.1) is 0 Å². The molecule has 30 nitrogen and oxygen atoms in total. The zero-order valence-corrected chi connectivity index (χ0v) is 68.9. The van der Waals surface area contributed by atoms with Crippen molar-refractivity contribution in [2.45, 2.75) is 176 Å². The van der Waals surface area contributed by atoms with Gasteiger partial charge in [0.1, 0.15) is 69.5 Å². The Morgan fingerprint density at radius 3 is 1.65 bits per heavy atom. The Balaban J connectivity index is 1.26. The number of halogens is 4. The molecule has 13 N–H and O–H groups in total. The van der Waals surface area contributed by atoms with E-state index in [4.69, 9.17) is 52.1 Å². The zero-order valence-electron chi connectivity index (χ0n) is 65.1. The summed E-state index contributed by atoms with van der Waals surface area (Å²) in [6.45, 7) is -0.281. The molecule has 2 fully saturated rings. The number of fused-ring (bicyclic) bond motifs is 1. The van der Waals surface area contributed by atoms with E-state index < -0.39 is 234 Å². The van der Waals surface area contributed by atoms with Gasteiger partial charge in [-0.2, -0.15) is 0 Å². The Kier molecular flexibility index (Phi) is 33.5. The van der Waals surface area contributed by atoms with Crippen LogP contribution in [0, 0.1) is 11.8 Å². The van der Waals surface area contributed by atoms with E-state index in [0.29, 0.717) is 44.2 Å². The summed E-state index contributed by atoms with van der Waals surface area (Å²) < 4.78 is 25.6. The van der Waals surface area contributed by atoms with Gasteiger partial charge in [0.15, 0.2) is 11.6 Å². The molecule has 0 bridgehead atoms. The predicted molar refractivity (Wildman–Crippen MR) is 434 cm³/mol. The van der Waals surface area contributed by atoms with Gasteiger partial charge in [0, 0.05) is 104 Å². The van der Waals surface area contributed by atoms with Crippen LogP contribution in [0.3, 0.4) is 0 Å². The molecule has 0 saturated carbocycles. The van der Waals surface area contributed by atoms with Crippen molar-refractivity contribution < 1.29 is 96.3 Å². The fourth-order valence-electron chi connectivity index (χ4n) is 14.6. The summed E-state index contributed by atoms with van der Waals surface area (Å²) >= 11 is 25.7. The SMILES string of the molecule is C[C@@H](O)[C@@H]1NC(=O)[C@H](CO)N(C)C(=O)[C@H](Cc2cccc(Cl)c2)NC(=O)[C@H](CCS(C)(=O)=O)NC(=O)[C@H](CO)NC(=O)C[C@@H](C(=O)N2CCC[C@H]2C(=O)O)CCC(=O)[C@H](Cc2cccc(Cl)c2)CC(=O)[C@](N)([C@@H](C)O)CC(=O)[C@H](Cc2ccc(Cl)cc2)N(C)C(=O)[C@H](Cc2cccc(Cl)c2)NC(=O)[C@H](CC2=CCc3ccccc32)NC1=O. The lowest BCUT2D eigenvalue weighted by Crippen LogP contribution is -2.63. The van der Waals surface area contributed by atoms with Crippen molar-refractivity contribution in [3.63, 3.8) is 0 Å². The minimum atomic E-state index is -3.99. The minimum Gasteiger partial charge on any atom is -0.480 e. The molecule has 0 spiro atoms. The Morgan fingerprint density at radius 2 is 1.11 bits per heavy atom. The topological polar surface area (TPSA) is 465 Å². The van der Waals surface area contributed by atoms with Crippen LogP contribution in [0.25, 0.3) is 5.57 Å². The summed E-state index contributed by atoms with van der Waals surface area (Å²) in [7, 11) is -1.70. The Hall–Kier alpha value is -9.54. The number of rotatable bonds is 19. The number of aliphatic hydroxyl groups is 4. The normalized spacial score (nSPS) is 25.3. The maximum atomic E-state index is 15.8. The summed E-state index contributed by atoms with van der Waals surface area (Å²) in [5, 5.41) is 71.1. The van der Waals surface area contributed by atoms with Gasteiger partial charge < -0.3 is 77.9 Å². The summed E-state index contributed by atoms with van der Waals surface area (Å²) in [6, 6.07) is 15.6. The quantitative estimate of drug-likeness (QED) is 0.0565. The molecule has 35 heteroatoms. The van der Waals surface area contributed by atoms with Gasteiger partial charge in [0.05, 0.1) is 37.2 Å². The van der Waals surface area contributed by atoms with Crippen molar-refractivity contribution in [1.29, 1.82) is 0 Å². The number of carbonyl (C=O) groups excluding carboxylic acids is 12. The Morgan fingerprint density at radius 1 is 0.573 bits per heavy atom. The van der Waals surface area contributed by atoms with Crippen LogP contribution < -0.4 is 37.6 Å². The van der Waals surface area contributed by atoms with Crippen LogP contribution in [-0.4, -0.2) is 243 Å². The summed E-state index contributed by atoms with van der Waals surface area (Å²) in [6.07, 6.45) is -6.80. The Labute approximate surface area is 697 Å². The molecule has 117 heavy (non-hydrogen) atoms. The van der Waals surface area contributed by atoms with Crippen LogP contribution >= 0.6 is 46.4 Å². The standard InChI is InChI=1S/C82H98Cl4N10O20S/c1-45(99)72-77(109)90-61(39-52-24-23-51-15-6-7-19-59(51)52)74(106)92-62(36-49-13-9-17-57(85)34-49)79(111)94(3)66(38-47-21-26-55(83)27-22-47)69(102)42-82(87,46(2)100)70(103)40-54(32-48-12-8-16-56(84)33-48)68(101)28-25-53(78(110)96-30-11-20-65(96)81(113)114)41-71(104)88-64(43-97)75(107)89-60(29-31-117(5,115)116)73(105)91-63(37-50-14-10-18-58(86)35-50)80(112)95(4)67(44-98)76(108)93-72/h6-10,12-19,21-22,24,26-27,33-35,45-46,53-54,60-67,72,97-100H,11,20,23,25,28-32,36-44,87H2,1-5H3,(H,88,104)(H,89,107)(H,90,109)(H,91,105)(H,92,106)(H,93,108)(H,113,114)/t45-,46-,53+,54-,60+,61+,62+,63+,64+,65+,66+,67+,72+,82-/m1/s1. The van der Waals surface area contributed by atoms with E-state index in [0.717, 1.165) is 42.5 Å². The average Bonchev–Trinajstić information content (AvgIpc) is 1.41. The van der Waals surface area contributed by atoms with Gasteiger partial charge in [-0.1, -0.05) is 125 Å². The smallest absolute Gasteiger partial charge is 0.326 e. The fraction of sp³-hybridized carbons (Fsp3) is 0.451. The number of nitrogens with zero attached hydrogens (tertiary/aromatic N) is 3. The molecule has 8 rings (SSSR count). The summed E-state index contributed by atoms with van der Waals surface area (Å²) in [5.74, 6) is -18.2. The summed E-state index contributed by atoms with van der Waals surface area (Å²) in [5.41, 5.74) is 7.98. The van der Waals surface area contributed by atoms with E-state index in [9.17, 15) is 62.7 Å².